The van der Waals surface area contributed by atoms with Crippen molar-refractivity contribution in [3.8, 4) is 28.4 Å². The van der Waals surface area contributed by atoms with Crippen LogP contribution in [-0.2, 0) is 11.8 Å². The molecule has 0 saturated heterocycles. The van der Waals surface area contributed by atoms with Crippen molar-refractivity contribution in [1.82, 2.24) is 5.09 Å². The van der Waals surface area contributed by atoms with Crippen LogP contribution in [0.2, 0.25) is 0 Å². The molecule has 2 aliphatic rings. The van der Waals surface area contributed by atoms with Crippen molar-refractivity contribution in [2.75, 3.05) is 19.3 Å². The standard InChI is InChI=1S/C17H15N2O4PS4/c1-6-15-8(10-16(25)18-24(26,27)19-17(10)28-15)9-11(20-2)7-4-5-22-12(7)14(21-3)13(9)23-6/h4-6H,1-3H3,(H3,18,19,25,26,27). The molecule has 0 spiro atoms. The second-order valence-corrected chi connectivity index (χ2v) is 13.7. The Morgan fingerprint density at radius 2 is 1.93 bits per heavy atom. The molecule has 0 radical (unpaired) electrons. The van der Waals surface area contributed by atoms with Gasteiger partial charge in [-0.2, -0.15) is 0 Å². The summed E-state index contributed by atoms with van der Waals surface area (Å²) in [6.45, 7) is 2.00. The van der Waals surface area contributed by atoms with Gasteiger partial charge >= 0.3 is 0 Å². The topological polar surface area (TPSA) is 64.9 Å². The molecular formula is C17H15N2O4PS4. The summed E-state index contributed by atoms with van der Waals surface area (Å²) in [5.41, 5.74) is 0.991. The Balaban J connectivity index is 1.92. The summed E-state index contributed by atoms with van der Waals surface area (Å²) in [6.07, 6.45) is 1.41. The zero-order valence-electron chi connectivity index (χ0n) is 15.0. The number of ether oxygens (including phenoxy) is 3. The van der Waals surface area contributed by atoms with Crippen molar-refractivity contribution < 1.29 is 18.6 Å². The molecule has 2 atom stereocenters. The van der Waals surface area contributed by atoms with Crippen LogP contribution in [0.1, 0.15) is 23.5 Å². The predicted molar refractivity (Wildman–Crippen MR) is 123 cm³/mol. The first-order valence-electron chi connectivity index (χ1n) is 8.28. The van der Waals surface area contributed by atoms with Gasteiger partial charge in [0.05, 0.1) is 41.9 Å². The molecule has 11 heteroatoms. The van der Waals surface area contributed by atoms with E-state index in [1.165, 1.54) is 0 Å². The number of furan rings is 1. The second kappa shape index (κ2) is 6.27. The van der Waals surface area contributed by atoms with E-state index in [1.54, 1.807) is 31.8 Å². The first kappa shape index (κ1) is 18.6. The minimum absolute atomic E-state index is 0.202. The molecule has 3 aromatic rings. The number of methoxy groups -OCH3 is 2. The Morgan fingerprint density at radius 1 is 1.18 bits per heavy atom. The van der Waals surface area contributed by atoms with E-state index < -0.39 is 5.54 Å². The summed E-state index contributed by atoms with van der Waals surface area (Å²) >= 11 is 17.3. The number of anilines is 1. The van der Waals surface area contributed by atoms with Crippen LogP contribution in [0.5, 0.6) is 17.2 Å². The molecule has 0 saturated carbocycles. The van der Waals surface area contributed by atoms with Crippen LogP contribution in [0.4, 0.5) is 5.00 Å². The number of thiophene rings is 1. The van der Waals surface area contributed by atoms with Crippen molar-refractivity contribution in [1.29, 1.82) is 0 Å². The molecule has 0 fully saturated rings. The number of fused-ring (bicyclic) bond motifs is 6. The minimum Gasteiger partial charge on any atom is -0.495 e. The Morgan fingerprint density at radius 3 is 2.64 bits per heavy atom. The van der Waals surface area contributed by atoms with Gasteiger partial charge in [0.15, 0.2) is 16.9 Å². The summed E-state index contributed by atoms with van der Waals surface area (Å²) in [5.74, 6) is 1.78. The molecular weight excluding hydrogens is 455 g/mol. The third-order valence-corrected chi connectivity index (χ3v) is 8.84. The molecule has 6 nitrogen and oxygen atoms in total. The molecule has 2 aliphatic heterocycles. The predicted octanol–water partition coefficient (Wildman–Crippen LogP) is 5.48. The van der Waals surface area contributed by atoms with Gasteiger partial charge in [0.25, 0.3) is 0 Å². The second-order valence-electron chi connectivity index (χ2n) is 6.37. The van der Waals surface area contributed by atoms with E-state index in [4.69, 9.17) is 42.7 Å². The lowest BCUT2D eigenvalue weighted by Gasteiger charge is -2.29. The quantitative estimate of drug-likeness (QED) is 0.259. The highest BCUT2D eigenvalue weighted by atomic mass is 32.9. The number of thiocarbonyl (C=S) groups is 1. The first-order chi connectivity index (χ1) is 13.4. The van der Waals surface area contributed by atoms with Gasteiger partial charge in [-0.1, -0.05) is 12.2 Å². The van der Waals surface area contributed by atoms with Crippen LogP contribution < -0.4 is 24.4 Å². The van der Waals surface area contributed by atoms with E-state index in [0.29, 0.717) is 27.8 Å². The monoisotopic (exact) mass is 470 g/mol. The minimum atomic E-state index is -2.26. The van der Waals surface area contributed by atoms with Crippen molar-refractivity contribution in [2.24, 2.45) is 0 Å². The SMILES string of the molecule is COc1c2c(c(OC)c3occc13)OC(C)c1sc3c(c1-2)C(=S)NP(=S)(S)N3. The molecule has 1 aromatic carbocycles. The Hall–Kier alpha value is -1.45. The largest absolute Gasteiger partial charge is 0.495 e. The van der Waals surface area contributed by atoms with Crippen LogP contribution in [0, 0.1) is 0 Å². The van der Waals surface area contributed by atoms with Crippen LogP contribution in [-0.4, -0.2) is 19.2 Å². The van der Waals surface area contributed by atoms with E-state index in [2.05, 4.69) is 22.4 Å². The van der Waals surface area contributed by atoms with E-state index in [1.807, 2.05) is 13.0 Å². The highest BCUT2D eigenvalue weighted by molar-refractivity contribution is 8.63. The number of hydrogen-bond donors (Lipinski definition) is 3. The normalized spacial score (nSPS) is 22.4. The van der Waals surface area contributed by atoms with Gasteiger partial charge in [0, 0.05) is 5.56 Å². The molecule has 0 amide bonds. The first-order valence-corrected chi connectivity index (χ1v) is 13.5. The Kier molecular flexibility index (Phi) is 4.16. The Labute approximate surface area is 180 Å². The zero-order valence-corrected chi connectivity index (χ0v) is 19.2. The highest BCUT2D eigenvalue weighted by Gasteiger charge is 2.40. The van der Waals surface area contributed by atoms with Crippen molar-refractivity contribution >= 4 is 74.1 Å². The van der Waals surface area contributed by atoms with Gasteiger partial charge in [0.2, 0.25) is 5.75 Å². The number of hydrogen-bond acceptors (Lipinski definition) is 7. The molecule has 28 heavy (non-hydrogen) atoms. The van der Waals surface area contributed by atoms with E-state index in [-0.39, 0.29) is 6.10 Å². The molecule has 2 N–H and O–H groups in total. The molecule has 2 aromatic heterocycles. The summed E-state index contributed by atoms with van der Waals surface area (Å²) in [5, 5.41) is 8.23. The average Bonchev–Trinajstić information content (AvgIpc) is 3.23. The maximum atomic E-state index is 6.28. The van der Waals surface area contributed by atoms with Gasteiger partial charge in [-0.05, 0) is 24.8 Å². The lowest BCUT2D eigenvalue weighted by Crippen LogP contribution is -2.26. The lowest BCUT2D eigenvalue weighted by molar-refractivity contribution is 0.215. The van der Waals surface area contributed by atoms with Crippen LogP contribution >= 0.6 is 41.3 Å². The molecule has 4 heterocycles. The Bertz CT molecular complexity index is 1220. The lowest BCUT2D eigenvalue weighted by atomic mass is 9.93. The number of rotatable bonds is 2. The van der Waals surface area contributed by atoms with Crippen molar-refractivity contribution in [2.45, 2.75) is 13.0 Å². The van der Waals surface area contributed by atoms with Crippen molar-refractivity contribution in [3.63, 3.8) is 0 Å². The van der Waals surface area contributed by atoms with Crippen molar-refractivity contribution in [3.05, 3.63) is 22.8 Å². The van der Waals surface area contributed by atoms with Gasteiger partial charge in [0.1, 0.15) is 21.8 Å². The van der Waals surface area contributed by atoms with Crippen LogP contribution in [0.15, 0.2) is 16.7 Å². The van der Waals surface area contributed by atoms with Gasteiger partial charge in [-0.25, -0.2) is 0 Å². The molecule has 0 bridgehead atoms. The fourth-order valence-electron chi connectivity index (χ4n) is 3.72. The fourth-order valence-corrected chi connectivity index (χ4v) is 8.77. The van der Waals surface area contributed by atoms with E-state index in [9.17, 15) is 0 Å². The molecule has 0 aliphatic carbocycles. The van der Waals surface area contributed by atoms with E-state index in [0.717, 1.165) is 32.0 Å². The van der Waals surface area contributed by atoms with Crippen LogP contribution in [0.25, 0.3) is 22.1 Å². The summed E-state index contributed by atoms with van der Waals surface area (Å²) in [4.78, 5) is 1.63. The van der Waals surface area contributed by atoms with Gasteiger partial charge in [-0.3, -0.25) is 0 Å². The molecule has 5 rings (SSSR count). The van der Waals surface area contributed by atoms with Gasteiger partial charge < -0.3 is 28.8 Å². The summed E-state index contributed by atoms with van der Waals surface area (Å²) < 4.78 is 23.4. The maximum Gasteiger partial charge on any atom is 0.205 e. The number of thiol groups is 1. The maximum absolute atomic E-state index is 6.28. The number of nitrogens with one attached hydrogen (secondary N) is 2. The highest BCUT2D eigenvalue weighted by Crippen LogP contribution is 2.62. The third-order valence-electron chi connectivity index (χ3n) is 4.77. The van der Waals surface area contributed by atoms with E-state index >= 15 is 0 Å². The average molecular weight is 471 g/mol. The summed E-state index contributed by atoms with van der Waals surface area (Å²) in [7, 11) is 3.23. The smallest absolute Gasteiger partial charge is 0.205 e. The molecule has 146 valence electrons. The van der Waals surface area contributed by atoms with Gasteiger partial charge in [-0.15, -0.1) is 23.6 Å². The van der Waals surface area contributed by atoms with Crippen LogP contribution in [0.3, 0.4) is 0 Å². The summed E-state index contributed by atoms with van der Waals surface area (Å²) in [6, 6.07) is 1.86. The third kappa shape index (κ3) is 2.45. The molecule has 2 unspecified atom stereocenters. The fraction of sp³-hybridized carbons (Fsp3) is 0.235. The number of benzene rings is 1. The zero-order chi connectivity index (χ0) is 19.8.